The van der Waals surface area contributed by atoms with E-state index < -0.39 is 23.6 Å². The molecule has 2 fully saturated rings. The van der Waals surface area contributed by atoms with Gasteiger partial charge in [-0.05, 0) is 43.9 Å². The molecule has 2 aliphatic rings. The highest BCUT2D eigenvalue weighted by molar-refractivity contribution is 6.31. The molecule has 1 aromatic carbocycles. The molecule has 3 rings (SSSR count). The Hall–Kier alpha value is -2.69. The first-order valence-electron chi connectivity index (χ1n) is 10.6. The van der Waals surface area contributed by atoms with Crippen LogP contribution in [0.4, 0.5) is 23.2 Å². The lowest BCUT2D eigenvalue weighted by atomic mass is 9.97. The van der Waals surface area contributed by atoms with Crippen molar-refractivity contribution < 1.29 is 22.4 Å². The van der Waals surface area contributed by atoms with E-state index in [1.807, 2.05) is 0 Å². The van der Waals surface area contributed by atoms with Crippen molar-refractivity contribution in [2.75, 3.05) is 32.0 Å². The average molecular weight is 491 g/mol. The first-order valence-corrected chi connectivity index (χ1v) is 11.0. The van der Waals surface area contributed by atoms with Crippen molar-refractivity contribution >= 4 is 29.0 Å². The molecular weight excluding hydrogens is 464 g/mol. The van der Waals surface area contributed by atoms with Gasteiger partial charge in [-0.3, -0.25) is 9.79 Å². The second kappa shape index (κ2) is 10.1. The molecule has 0 spiro atoms. The summed E-state index contributed by atoms with van der Waals surface area (Å²) in [5.74, 6) is -1.45. The molecule has 2 heterocycles. The number of nitrogens with two attached hydrogens (primary N) is 2. The second-order valence-electron chi connectivity index (χ2n) is 8.15. The van der Waals surface area contributed by atoms with Gasteiger partial charge in [-0.1, -0.05) is 11.6 Å². The summed E-state index contributed by atoms with van der Waals surface area (Å²) in [5, 5.41) is 2.84. The van der Waals surface area contributed by atoms with Crippen LogP contribution in [0.2, 0.25) is 5.02 Å². The molecule has 7 nitrogen and oxygen atoms in total. The fourth-order valence-corrected chi connectivity index (χ4v) is 4.47. The van der Waals surface area contributed by atoms with Gasteiger partial charge in [0.05, 0.1) is 5.56 Å². The van der Waals surface area contributed by atoms with Gasteiger partial charge in [0, 0.05) is 43.4 Å². The lowest BCUT2D eigenvalue weighted by Crippen LogP contribution is -2.56. The summed E-state index contributed by atoms with van der Waals surface area (Å²) in [4.78, 5) is 20.1. The maximum absolute atomic E-state index is 14.4. The van der Waals surface area contributed by atoms with Crippen LogP contribution in [0.3, 0.4) is 0 Å². The summed E-state index contributed by atoms with van der Waals surface area (Å²) in [7, 11) is 1.36. The van der Waals surface area contributed by atoms with Crippen molar-refractivity contribution in [3.05, 3.63) is 40.4 Å². The van der Waals surface area contributed by atoms with E-state index in [1.165, 1.54) is 13.1 Å². The minimum absolute atomic E-state index is 0.0745. The van der Waals surface area contributed by atoms with E-state index in [4.69, 9.17) is 23.1 Å². The molecule has 2 saturated heterocycles. The summed E-state index contributed by atoms with van der Waals surface area (Å²) in [6, 6.07) is 2.23. The van der Waals surface area contributed by atoms with Crippen LogP contribution in [0.25, 0.3) is 0 Å². The number of nitrogens with one attached hydrogen (secondary N) is 1. The number of anilines is 1. The van der Waals surface area contributed by atoms with Gasteiger partial charge in [-0.25, -0.2) is 0 Å². The van der Waals surface area contributed by atoms with Gasteiger partial charge in [0.2, 0.25) is 11.7 Å². The maximum atomic E-state index is 14.4. The highest BCUT2D eigenvalue weighted by Gasteiger charge is 2.36. The molecule has 1 aromatic rings. The number of hydrogen-bond acceptors (Lipinski definition) is 5. The van der Waals surface area contributed by atoms with Crippen LogP contribution in [0.15, 0.2) is 34.8 Å². The van der Waals surface area contributed by atoms with Crippen LogP contribution < -0.4 is 16.8 Å². The zero-order valence-corrected chi connectivity index (χ0v) is 18.9. The summed E-state index contributed by atoms with van der Waals surface area (Å²) in [6.45, 7) is 1.34. The Morgan fingerprint density at radius 2 is 1.88 bits per heavy atom. The number of amidine groups is 1. The molecule has 0 bridgehead atoms. The molecule has 1 amide bonds. The lowest BCUT2D eigenvalue weighted by molar-refractivity contribution is -0.138. The van der Waals surface area contributed by atoms with E-state index >= 15 is 0 Å². The number of nitrogens with zero attached hydrogens (tertiary/aromatic N) is 3. The minimum Gasteiger partial charge on any atom is -0.383 e. The minimum atomic E-state index is -4.55. The Morgan fingerprint density at radius 1 is 1.18 bits per heavy atom. The van der Waals surface area contributed by atoms with Crippen molar-refractivity contribution in [1.82, 2.24) is 9.80 Å². The van der Waals surface area contributed by atoms with E-state index in [2.05, 4.69) is 10.3 Å². The van der Waals surface area contributed by atoms with Crippen molar-refractivity contribution in [2.45, 2.75) is 43.9 Å². The van der Waals surface area contributed by atoms with Gasteiger partial charge in [-0.15, -0.1) is 0 Å². The predicted octanol–water partition coefficient (Wildman–Crippen LogP) is 3.31. The standard InChI is InChI=1S/C21H27ClF4N6O/c1-29-18(27)17(23)19(28)31-6-2-4-15(11-31)32-7-3-5-16(20(32)33)30-14-9-12(21(24,25)26)8-13(22)10-14/h8-10,15-16,30H,2-7,11,28H2,1H3,(H2,27,29)/t15-,16-/m1/s1. The number of amides is 1. The van der Waals surface area contributed by atoms with E-state index in [-0.39, 0.29) is 34.3 Å². The highest BCUT2D eigenvalue weighted by atomic mass is 35.5. The Bertz CT molecular complexity index is 951. The lowest BCUT2D eigenvalue weighted by Gasteiger charge is -2.43. The van der Waals surface area contributed by atoms with Crippen LogP contribution >= 0.6 is 11.6 Å². The molecule has 2 atom stereocenters. The molecule has 12 heteroatoms. The molecule has 2 aliphatic heterocycles. The van der Waals surface area contributed by atoms with Crippen LogP contribution in [-0.4, -0.2) is 60.3 Å². The Labute approximate surface area is 194 Å². The number of hydrogen-bond donors (Lipinski definition) is 3. The fourth-order valence-electron chi connectivity index (χ4n) is 4.23. The molecule has 0 radical (unpaired) electrons. The van der Waals surface area contributed by atoms with Crippen LogP contribution in [-0.2, 0) is 11.0 Å². The number of piperidine rings is 2. The zero-order chi connectivity index (χ0) is 24.3. The third-order valence-electron chi connectivity index (χ3n) is 5.91. The maximum Gasteiger partial charge on any atom is 0.416 e. The first kappa shape index (κ1) is 24.9. The quantitative estimate of drug-likeness (QED) is 0.334. The van der Waals surface area contributed by atoms with Gasteiger partial charge >= 0.3 is 6.18 Å². The molecule has 0 saturated carbocycles. The number of aliphatic imine (C=N–C) groups is 1. The Morgan fingerprint density at radius 3 is 2.55 bits per heavy atom. The molecular formula is C21H27ClF4N6O. The summed E-state index contributed by atoms with van der Waals surface area (Å²) < 4.78 is 53.7. The monoisotopic (exact) mass is 490 g/mol. The topological polar surface area (TPSA) is 100.0 Å². The first-order chi connectivity index (χ1) is 15.5. The molecule has 0 aromatic heterocycles. The van der Waals surface area contributed by atoms with Gasteiger partial charge in [0.15, 0.2) is 5.84 Å². The van der Waals surface area contributed by atoms with E-state index in [1.54, 1.807) is 9.80 Å². The normalized spacial score (nSPS) is 23.5. The predicted molar refractivity (Wildman–Crippen MR) is 119 cm³/mol. The summed E-state index contributed by atoms with van der Waals surface area (Å²) in [5.41, 5.74) is 10.7. The largest absolute Gasteiger partial charge is 0.416 e. The average Bonchev–Trinajstić information content (AvgIpc) is 2.78. The van der Waals surface area contributed by atoms with Crippen LogP contribution in [0, 0.1) is 0 Å². The van der Waals surface area contributed by atoms with Gasteiger partial charge in [0.1, 0.15) is 11.9 Å². The van der Waals surface area contributed by atoms with E-state index in [0.29, 0.717) is 45.3 Å². The van der Waals surface area contributed by atoms with Crippen molar-refractivity contribution in [3.63, 3.8) is 0 Å². The van der Waals surface area contributed by atoms with Crippen molar-refractivity contribution in [1.29, 1.82) is 0 Å². The number of halogens is 5. The second-order valence-corrected chi connectivity index (χ2v) is 8.58. The Kier molecular flexibility index (Phi) is 7.61. The van der Waals surface area contributed by atoms with E-state index in [0.717, 1.165) is 12.1 Å². The van der Waals surface area contributed by atoms with Gasteiger partial charge in [0.25, 0.3) is 0 Å². The molecule has 0 aliphatic carbocycles. The SMILES string of the molecule is CN=C(N)C(F)=C(N)N1CCC[C@@H](N2CCC[C@@H](Nc3cc(Cl)cc(C(F)(F)F)c3)C2=O)C1. The molecule has 0 unspecified atom stereocenters. The number of carbonyl (C=O) groups is 1. The van der Waals surface area contributed by atoms with Gasteiger partial charge < -0.3 is 26.6 Å². The number of likely N-dealkylation sites (tertiary alicyclic amines) is 2. The van der Waals surface area contributed by atoms with Crippen LogP contribution in [0.1, 0.15) is 31.2 Å². The Balaban J connectivity index is 1.74. The van der Waals surface area contributed by atoms with Crippen molar-refractivity contribution in [2.24, 2.45) is 16.5 Å². The van der Waals surface area contributed by atoms with E-state index in [9.17, 15) is 22.4 Å². The summed E-state index contributed by atoms with van der Waals surface area (Å²) in [6.07, 6.45) is -2.02. The van der Waals surface area contributed by atoms with Crippen LogP contribution in [0.5, 0.6) is 0 Å². The zero-order valence-electron chi connectivity index (χ0n) is 18.1. The number of carbonyl (C=O) groups excluding carboxylic acids is 1. The number of rotatable bonds is 5. The van der Waals surface area contributed by atoms with Crippen molar-refractivity contribution in [3.8, 4) is 0 Å². The number of benzene rings is 1. The third kappa shape index (κ3) is 5.82. The smallest absolute Gasteiger partial charge is 0.383 e. The summed E-state index contributed by atoms with van der Waals surface area (Å²) >= 11 is 5.86. The number of alkyl halides is 3. The third-order valence-corrected chi connectivity index (χ3v) is 6.13. The molecule has 5 N–H and O–H groups in total. The fraction of sp³-hybridized carbons (Fsp3) is 0.524. The molecule has 182 valence electrons. The highest BCUT2D eigenvalue weighted by Crippen LogP contribution is 2.34. The molecule has 33 heavy (non-hydrogen) atoms. The van der Waals surface area contributed by atoms with Gasteiger partial charge in [-0.2, -0.15) is 17.6 Å².